The molecule has 0 saturated heterocycles. The fourth-order valence-corrected chi connectivity index (χ4v) is 4.40. The molecular weight excluding hydrogens is 689 g/mol. The zero-order valence-electron chi connectivity index (χ0n) is 25.5. The second-order valence-corrected chi connectivity index (χ2v) is 12.8. The molecule has 23 heteroatoms. The summed E-state index contributed by atoms with van der Waals surface area (Å²) < 4.78 is 9.62. The highest BCUT2D eigenvalue weighted by atomic mass is 32.2. The van der Waals surface area contributed by atoms with Gasteiger partial charge in [-0.25, -0.2) is 9.59 Å². The van der Waals surface area contributed by atoms with E-state index in [2.05, 4.69) is 41.9 Å². The number of rotatable bonds is 21. The van der Waals surface area contributed by atoms with Gasteiger partial charge in [-0.2, -0.15) is 17.0 Å². The monoisotopic (exact) mass is 726 g/mol. The molecule has 1 heterocycles. The highest BCUT2D eigenvalue weighted by Crippen LogP contribution is 2.23. The van der Waals surface area contributed by atoms with Gasteiger partial charge in [0.2, 0.25) is 0 Å². The number of carboxylic acid groups (broad SMARTS) is 4. The first-order valence-corrected chi connectivity index (χ1v) is 15.3. The fourth-order valence-electron chi connectivity index (χ4n) is 3.04. The number of hydrogen-bond donors (Lipinski definition) is 9. The number of carbonyl (C=O) groups is 6. The van der Waals surface area contributed by atoms with Gasteiger partial charge in [0, 0.05) is 30.4 Å². The molecule has 47 heavy (non-hydrogen) atoms. The first-order valence-electron chi connectivity index (χ1n) is 13.5. The van der Waals surface area contributed by atoms with Crippen molar-refractivity contribution in [2.75, 3.05) is 5.75 Å². The van der Waals surface area contributed by atoms with Crippen LogP contribution in [0.3, 0.4) is 0 Å². The van der Waals surface area contributed by atoms with Crippen molar-refractivity contribution in [2.45, 2.75) is 88.6 Å². The number of aliphatic carboxylic acids is 4. The van der Waals surface area contributed by atoms with Gasteiger partial charge in [0.25, 0.3) is 12.9 Å². The molecule has 0 saturated carbocycles. The third kappa shape index (κ3) is 22.7. The van der Waals surface area contributed by atoms with E-state index in [4.69, 9.17) is 54.3 Å². The average molecular weight is 727 g/mol. The van der Waals surface area contributed by atoms with Crippen molar-refractivity contribution in [1.82, 2.24) is 41.9 Å². The molecule has 0 aliphatic heterocycles. The van der Waals surface area contributed by atoms with E-state index in [1.54, 1.807) is 0 Å². The lowest BCUT2D eigenvalue weighted by Gasteiger charge is -2.24. The Hall–Kier alpha value is -4.38. The molecule has 0 bridgehead atoms. The molecule has 1 rings (SSSR count). The molecule has 0 amide bonds. The average Bonchev–Trinajstić information content (AvgIpc) is 3.48. The fraction of sp³-hybridized carbons (Fsp3) is 0.625. The van der Waals surface area contributed by atoms with Gasteiger partial charge < -0.3 is 51.2 Å². The van der Waals surface area contributed by atoms with Crippen LogP contribution in [0.4, 0.5) is 0 Å². The van der Waals surface area contributed by atoms with Crippen LogP contribution in [0, 0.1) is 0 Å². The summed E-state index contributed by atoms with van der Waals surface area (Å²) in [6.07, 6.45) is -1.89. The first-order chi connectivity index (χ1) is 22.0. The molecule has 0 unspecified atom stereocenters. The van der Waals surface area contributed by atoms with Crippen LogP contribution >= 0.6 is 36.2 Å². The normalized spacial score (nSPS) is 13.1. The van der Waals surface area contributed by atoms with Crippen LogP contribution in [0.1, 0.15) is 58.7 Å². The van der Waals surface area contributed by atoms with E-state index < -0.39 is 48.4 Å². The molecule has 0 aliphatic carbocycles. The number of aryl methyl sites for hydroxylation is 1. The minimum absolute atomic E-state index is 0.0239. The predicted octanol–water partition coefficient (Wildman–Crippen LogP) is -0.787. The number of hydrogen-bond acceptors (Lipinski definition) is 14. The Labute approximate surface area is 283 Å². The number of carboxylic acids is 4. The van der Waals surface area contributed by atoms with Crippen LogP contribution < -0.4 is 21.3 Å². The van der Waals surface area contributed by atoms with Gasteiger partial charge in [-0.15, -0.1) is 10.2 Å². The summed E-state index contributed by atoms with van der Waals surface area (Å²) >= 11 is 11.5. The number of thiocarbonyl (C=S) groups is 2. The second-order valence-electron chi connectivity index (χ2n) is 10.1. The van der Waals surface area contributed by atoms with E-state index in [-0.39, 0.29) is 60.0 Å². The maximum Gasteiger partial charge on any atom is 0.326 e. The van der Waals surface area contributed by atoms with Gasteiger partial charge in [-0.05, 0) is 37.3 Å². The number of thioether (sulfide) groups is 1. The highest BCUT2D eigenvalue weighted by molar-refractivity contribution is 8.00. The molecule has 1 aromatic rings. The predicted molar refractivity (Wildman–Crippen MR) is 171 cm³/mol. The number of nitrogens with zero attached hydrogens (tertiary/aromatic N) is 3. The summed E-state index contributed by atoms with van der Waals surface area (Å²) in [5, 5.41) is 58.6. The summed E-state index contributed by atoms with van der Waals surface area (Å²) in [5.41, 5.74) is 0. The Morgan fingerprint density at radius 1 is 0.830 bits per heavy atom. The van der Waals surface area contributed by atoms with Crippen LogP contribution in [0.15, 0.2) is 0 Å². The van der Waals surface area contributed by atoms with Gasteiger partial charge >= 0.3 is 23.9 Å². The molecule has 0 radical (unpaired) electrons. The van der Waals surface area contributed by atoms with Crippen LogP contribution in [-0.2, 0) is 44.7 Å². The molecular formula is C24H38N8O12S3. The molecule has 0 spiro atoms. The van der Waals surface area contributed by atoms with Gasteiger partial charge in [-0.3, -0.25) is 19.2 Å². The maximum atomic E-state index is 11.1. The number of tetrazole rings is 1. The minimum Gasteiger partial charge on any atom is -0.481 e. The van der Waals surface area contributed by atoms with Crippen molar-refractivity contribution in [3.63, 3.8) is 0 Å². The first kappa shape index (κ1) is 42.6. The Bertz CT molecular complexity index is 1190. The van der Waals surface area contributed by atoms with E-state index in [1.807, 2.05) is 20.8 Å². The zero-order valence-corrected chi connectivity index (χ0v) is 28.0. The van der Waals surface area contributed by atoms with Crippen LogP contribution in [0.2, 0.25) is 0 Å². The van der Waals surface area contributed by atoms with Crippen molar-refractivity contribution in [1.29, 1.82) is 0 Å². The Morgan fingerprint density at radius 3 is 1.68 bits per heavy atom. The van der Waals surface area contributed by atoms with E-state index in [0.29, 0.717) is 18.0 Å². The standard InChI is InChI=1S/C13H22N2O6S2.C11H16N6O6S/c1-13(2,3)23-6-9(21-7-16)15-12(22)14-8(11(19)20)4-5-10(17)18;18-5-23-8(3-2-7-14-16-17-15-7)13-11(24)12-6(10(21)22)1-4-9(19)20/h7-9H,4-6H2,1-3H3,(H,17,18)(H,19,20)(H2,14,15,22);5-6,8H,1-4H2,(H,19,20)(H,21,22)(H2,12,13,24)(H,14,15,16,17)/t8-,9+;6-,8+/m00/s1. The van der Waals surface area contributed by atoms with Gasteiger partial charge in [0.05, 0.1) is 5.75 Å². The van der Waals surface area contributed by atoms with Crippen LogP contribution in [-0.4, -0.2) is 123 Å². The van der Waals surface area contributed by atoms with Crippen molar-refractivity contribution < 1.29 is 58.7 Å². The smallest absolute Gasteiger partial charge is 0.326 e. The SMILES string of the molecule is CC(C)(C)SC[C@H](NC(=S)N[C@@H](CCC(=O)O)C(=O)O)OC=O.O=CO[C@H](CCc1nn[nH]n1)NC(=S)N[C@@H](CCC(=O)O)C(=O)O. The quantitative estimate of drug-likeness (QED) is 0.0426. The van der Waals surface area contributed by atoms with Crippen molar-refractivity contribution in [2.24, 2.45) is 0 Å². The number of aromatic nitrogens is 4. The van der Waals surface area contributed by atoms with Gasteiger partial charge in [0.15, 0.2) is 28.5 Å². The Kier molecular flexibility index (Phi) is 20.9. The summed E-state index contributed by atoms with van der Waals surface area (Å²) in [6, 6.07) is -2.33. The van der Waals surface area contributed by atoms with Crippen molar-refractivity contribution >= 4 is 83.2 Å². The highest BCUT2D eigenvalue weighted by Gasteiger charge is 2.23. The zero-order chi connectivity index (χ0) is 36.0. The lowest BCUT2D eigenvalue weighted by Crippen LogP contribution is -2.50. The third-order valence-electron chi connectivity index (χ3n) is 5.21. The largest absolute Gasteiger partial charge is 0.481 e. The maximum absolute atomic E-state index is 11.1. The molecule has 1 aromatic heterocycles. The topological polar surface area (TPSA) is 304 Å². The molecule has 4 atom stereocenters. The second kappa shape index (κ2) is 23.0. The number of aromatic amines is 1. The molecule has 9 N–H and O–H groups in total. The molecule has 0 aromatic carbocycles. The molecule has 264 valence electrons. The Balaban J connectivity index is 0.000000902. The third-order valence-corrected chi connectivity index (χ3v) is 7.02. The Morgan fingerprint density at radius 2 is 1.30 bits per heavy atom. The van der Waals surface area contributed by atoms with Crippen LogP contribution in [0.5, 0.6) is 0 Å². The molecule has 0 aliphatic rings. The minimum atomic E-state index is -1.25. The van der Waals surface area contributed by atoms with E-state index in [9.17, 15) is 28.8 Å². The van der Waals surface area contributed by atoms with Crippen LogP contribution in [0.25, 0.3) is 0 Å². The summed E-state index contributed by atoms with van der Waals surface area (Å²) in [7, 11) is 0. The number of carbonyl (C=O) groups excluding carboxylic acids is 2. The number of nitrogens with one attached hydrogen (secondary N) is 5. The van der Waals surface area contributed by atoms with Gasteiger partial charge in [-0.1, -0.05) is 26.0 Å². The van der Waals surface area contributed by atoms with E-state index >= 15 is 0 Å². The number of ether oxygens (including phenoxy) is 2. The van der Waals surface area contributed by atoms with E-state index in [1.165, 1.54) is 11.8 Å². The lowest BCUT2D eigenvalue weighted by molar-refractivity contribution is -0.142. The molecule has 20 nitrogen and oxygen atoms in total. The van der Waals surface area contributed by atoms with Crippen molar-refractivity contribution in [3.8, 4) is 0 Å². The van der Waals surface area contributed by atoms with Crippen molar-refractivity contribution in [3.05, 3.63) is 5.82 Å². The summed E-state index contributed by atoms with van der Waals surface area (Å²) in [6.45, 7) is 6.49. The number of H-pyrrole nitrogens is 1. The summed E-state index contributed by atoms with van der Waals surface area (Å²) in [5.74, 6) is -3.87. The van der Waals surface area contributed by atoms with E-state index in [0.717, 1.165) is 0 Å². The molecule has 0 fully saturated rings. The lowest BCUT2D eigenvalue weighted by atomic mass is 10.1. The summed E-state index contributed by atoms with van der Waals surface area (Å²) in [4.78, 5) is 64.3. The van der Waals surface area contributed by atoms with Gasteiger partial charge in [0.1, 0.15) is 12.1 Å².